The molecule has 29 heavy (non-hydrogen) atoms. The van der Waals surface area contributed by atoms with Gasteiger partial charge in [-0.25, -0.2) is 4.79 Å². The fourth-order valence-corrected chi connectivity index (χ4v) is 4.82. The minimum absolute atomic E-state index is 0.159. The van der Waals surface area contributed by atoms with Crippen LogP contribution >= 0.6 is 11.8 Å². The lowest BCUT2D eigenvalue weighted by atomic mass is 9.91. The molecule has 8 heteroatoms. The van der Waals surface area contributed by atoms with Crippen LogP contribution in [0, 0.1) is 5.92 Å². The van der Waals surface area contributed by atoms with Crippen molar-refractivity contribution in [3.8, 4) is 0 Å². The van der Waals surface area contributed by atoms with Gasteiger partial charge < -0.3 is 20.8 Å². The molecule has 0 aromatic heterocycles. The third kappa shape index (κ3) is 12.1. The van der Waals surface area contributed by atoms with Crippen molar-refractivity contribution in [2.75, 3.05) is 11.5 Å². The van der Waals surface area contributed by atoms with E-state index in [0.717, 1.165) is 12.1 Å². The second kappa shape index (κ2) is 14.7. The van der Waals surface area contributed by atoms with Crippen molar-refractivity contribution in [1.82, 2.24) is 10.6 Å². The van der Waals surface area contributed by atoms with Crippen molar-refractivity contribution in [3.05, 3.63) is 0 Å². The largest absolute Gasteiger partial charge is 0.481 e. The zero-order valence-corrected chi connectivity index (χ0v) is 18.6. The summed E-state index contributed by atoms with van der Waals surface area (Å²) in [5.74, 6) is -2.51. The topological polar surface area (TPSA) is 116 Å². The highest BCUT2D eigenvalue weighted by atomic mass is 32.2. The summed E-state index contributed by atoms with van der Waals surface area (Å²) in [4.78, 5) is 31.9. The molecule has 0 aromatic rings. The van der Waals surface area contributed by atoms with Crippen LogP contribution in [0.1, 0.15) is 78.1 Å². The Bertz CT molecular complexity index is 489. The Morgan fingerprint density at radius 1 is 0.862 bits per heavy atom. The second-order valence-corrected chi connectivity index (χ2v) is 9.28. The van der Waals surface area contributed by atoms with Gasteiger partial charge >= 0.3 is 11.9 Å². The smallest absolute Gasteiger partial charge is 0.327 e. The van der Waals surface area contributed by atoms with Crippen LogP contribution in [-0.2, 0) is 14.4 Å². The molecule has 2 atom stereocenters. The van der Waals surface area contributed by atoms with E-state index in [1.807, 2.05) is 0 Å². The van der Waals surface area contributed by atoms with Crippen LogP contribution in [0.2, 0.25) is 0 Å². The summed E-state index contributed by atoms with van der Waals surface area (Å²) in [5, 5.41) is 23.5. The fraction of sp³-hybridized carbons (Fsp3) is 0.857. The molecule has 0 bridgehead atoms. The van der Waals surface area contributed by atoms with E-state index in [-0.39, 0.29) is 5.75 Å². The van der Waals surface area contributed by atoms with Crippen molar-refractivity contribution in [1.29, 1.82) is 0 Å². The highest BCUT2D eigenvalue weighted by Gasteiger charge is 2.20. The zero-order chi connectivity index (χ0) is 21.6. The molecule has 0 spiro atoms. The summed E-state index contributed by atoms with van der Waals surface area (Å²) in [7, 11) is 0. The summed E-state index contributed by atoms with van der Waals surface area (Å²) in [6.45, 7) is 2.78. The maximum atomic E-state index is 10.7. The zero-order valence-electron chi connectivity index (χ0n) is 17.8. The average molecular weight is 431 g/mol. The molecule has 2 rings (SSSR count). The number of thioether (sulfide) groups is 1. The first-order valence-corrected chi connectivity index (χ1v) is 12.0. The first-order valence-electron chi connectivity index (χ1n) is 10.9. The molecule has 168 valence electrons. The number of nitrogens with one attached hydrogen (secondary N) is 2. The van der Waals surface area contributed by atoms with Gasteiger partial charge in [-0.3, -0.25) is 9.59 Å². The summed E-state index contributed by atoms with van der Waals surface area (Å²) < 4.78 is 0. The Morgan fingerprint density at radius 3 is 1.72 bits per heavy atom. The third-order valence-corrected chi connectivity index (χ3v) is 6.74. The maximum Gasteiger partial charge on any atom is 0.327 e. The van der Waals surface area contributed by atoms with Crippen LogP contribution in [0.25, 0.3) is 0 Å². The van der Waals surface area contributed by atoms with Crippen LogP contribution in [0.4, 0.5) is 0 Å². The predicted octanol–water partition coefficient (Wildman–Crippen LogP) is 3.27. The van der Waals surface area contributed by atoms with Crippen molar-refractivity contribution >= 4 is 29.6 Å². The first kappa shape index (κ1) is 25.8. The van der Waals surface area contributed by atoms with Gasteiger partial charge in [-0.15, -0.1) is 0 Å². The highest BCUT2D eigenvalue weighted by Crippen LogP contribution is 2.22. The minimum Gasteiger partial charge on any atom is -0.481 e. The van der Waals surface area contributed by atoms with Crippen molar-refractivity contribution in [2.24, 2.45) is 5.92 Å². The van der Waals surface area contributed by atoms with Gasteiger partial charge in [0, 0.05) is 30.5 Å². The van der Waals surface area contributed by atoms with E-state index < -0.39 is 29.8 Å². The van der Waals surface area contributed by atoms with Gasteiger partial charge in [-0.2, -0.15) is 11.8 Å². The molecule has 0 saturated heterocycles. The lowest BCUT2D eigenvalue weighted by molar-refractivity contribution is -0.141. The molecular formula is C21H38N2O5S. The molecule has 2 aliphatic carbocycles. The van der Waals surface area contributed by atoms with Crippen LogP contribution in [0.5, 0.6) is 0 Å². The number of aliphatic carboxylic acids is 2. The molecule has 1 amide bonds. The normalized spacial score (nSPS) is 20.1. The minimum atomic E-state index is -1.12. The molecule has 4 N–H and O–H groups in total. The van der Waals surface area contributed by atoms with Gasteiger partial charge in [0.25, 0.3) is 0 Å². The highest BCUT2D eigenvalue weighted by molar-refractivity contribution is 7.99. The second-order valence-electron chi connectivity index (χ2n) is 8.20. The van der Waals surface area contributed by atoms with Gasteiger partial charge in [-0.05, 0) is 25.7 Å². The number of carboxylic acids is 2. The molecule has 2 saturated carbocycles. The van der Waals surface area contributed by atoms with Crippen LogP contribution < -0.4 is 10.6 Å². The van der Waals surface area contributed by atoms with Crippen LogP contribution in [0.3, 0.4) is 0 Å². The average Bonchev–Trinajstić information content (AvgIpc) is 2.68. The monoisotopic (exact) mass is 430 g/mol. The summed E-state index contributed by atoms with van der Waals surface area (Å²) in [5.41, 5.74) is 0. The molecule has 2 aliphatic rings. The van der Waals surface area contributed by atoms with Crippen molar-refractivity contribution in [3.63, 3.8) is 0 Å². The van der Waals surface area contributed by atoms with Gasteiger partial charge in [0.05, 0.1) is 5.92 Å². The van der Waals surface area contributed by atoms with E-state index >= 15 is 0 Å². The van der Waals surface area contributed by atoms with Gasteiger partial charge in [0.15, 0.2) is 0 Å². The summed E-state index contributed by atoms with van der Waals surface area (Å²) in [6.07, 6.45) is 14.6. The molecule has 2 fully saturated rings. The number of carbonyl (C=O) groups excluding carboxylic acids is 1. The summed E-state index contributed by atoms with van der Waals surface area (Å²) in [6, 6.07) is 0.775. The van der Waals surface area contributed by atoms with Gasteiger partial charge in [-0.1, -0.05) is 45.4 Å². The Balaban J connectivity index is 0.000000294. The van der Waals surface area contributed by atoms with Crippen molar-refractivity contribution < 1.29 is 24.6 Å². The number of hydrogen-bond acceptors (Lipinski definition) is 5. The number of hydrogen-bond donors (Lipinski definition) is 4. The third-order valence-electron chi connectivity index (χ3n) is 5.43. The quantitative estimate of drug-likeness (QED) is 0.444. The lowest BCUT2D eigenvalue weighted by Gasteiger charge is -2.30. The Kier molecular flexibility index (Phi) is 13.0. The number of carboxylic acid groups (broad SMARTS) is 2. The van der Waals surface area contributed by atoms with Crippen LogP contribution in [0.15, 0.2) is 0 Å². The van der Waals surface area contributed by atoms with Gasteiger partial charge in [0.1, 0.15) is 6.04 Å². The Labute approximate surface area is 178 Å². The van der Waals surface area contributed by atoms with E-state index in [4.69, 9.17) is 10.2 Å². The molecular weight excluding hydrogens is 392 g/mol. The Morgan fingerprint density at radius 2 is 1.34 bits per heavy atom. The van der Waals surface area contributed by atoms with Crippen LogP contribution in [-0.4, -0.2) is 57.7 Å². The van der Waals surface area contributed by atoms with Crippen molar-refractivity contribution in [2.45, 2.75) is 96.2 Å². The number of amides is 1. The maximum absolute atomic E-state index is 10.7. The van der Waals surface area contributed by atoms with E-state index in [1.54, 1.807) is 6.92 Å². The molecule has 1 unspecified atom stereocenters. The predicted molar refractivity (Wildman–Crippen MR) is 116 cm³/mol. The van der Waals surface area contributed by atoms with Gasteiger partial charge in [0.2, 0.25) is 5.91 Å². The Hall–Kier alpha value is -1.28. The standard InChI is InChI=1S/C12H23N.C9H15NO5S/c1-3-7-11(8-4-1)13-12-9-5-2-6-10-12;1-5(8(12)13)3-16-4-7(9(14)15)10-6(2)11/h11-13H,1-10H2;5,7H,3-4H2,1-2H3,(H,10,11)(H,12,13)(H,14,15)/t;5?,7-/m.1/s1. The SMILES string of the molecule is C1CCC(NC2CCCCC2)CC1.CC(=O)N[C@H](CSCC(C)C(=O)O)C(=O)O. The fourth-order valence-electron chi connectivity index (χ4n) is 3.73. The number of carbonyl (C=O) groups is 3. The first-order chi connectivity index (χ1) is 13.8. The van der Waals surface area contributed by atoms with E-state index in [2.05, 4.69) is 10.6 Å². The summed E-state index contributed by atoms with van der Waals surface area (Å²) >= 11 is 1.19. The lowest BCUT2D eigenvalue weighted by Crippen LogP contribution is -2.41. The molecule has 0 aliphatic heterocycles. The van der Waals surface area contributed by atoms with E-state index in [1.165, 1.54) is 82.9 Å². The molecule has 0 radical (unpaired) electrons. The van der Waals surface area contributed by atoms with E-state index in [0.29, 0.717) is 5.75 Å². The number of rotatable bonds is 9. The molecule has 0 heterocycles. The van der Waals surface area contributed by atoms with E-state index in [9.17, 15) is 14.4 Å². The molecule has 7 nitrogen and oxygen atoms in total. The molecule has 0 aromatic carbocycles.